The second-order valence-electron chi connectivity index (χ2n) is 2.83. The van der Waals surface area contributed by atoms with Gasteiger partial charge in [-0.3, -0.25) is 0 Å². The van der Waals surface area contributed by atoms with Gasteiger partial charge in [0.15, 0.2) is 0 Å². The summed E-state index contributed by atoms with van der Waals surface area (Å²) >= 11 is 7.53. The van der Waals surface area contributed by atoms with E-state index in [-0.39, 0.29) is 0 Å². The van der Waals surface area contributed by atoms with Crippen LogP contribution in [0.3, 0.4) is 0 Å². The van der Waals surface area contributed by atoms with Crippen LogP contribution in [-0.4, -0.2) is 4.98 Å². The van der Waals surface area contributed by atoms with Crippen molar-refractivity contribution in [2.75, 3.05) is 0 Å². The van der Waals surface area contributed by atoms with Crippen molar-refractivity contribution in [1.29, 1.82) is 0 Å². The Kier molecular flexibility index (Phi) is 2.34. The van der Waals surface area contributed by atoms with E-state index in [1.807, 2.05) is 36.6 Å². The largest absolute Gasteiger partial charge is 0.235 e. The third-order valence-corrected chi connectivity index (χ3v) is 2.80. The van der Waals surface area contributed by atoms with Gasteiger partial charge >= 0.3 is 0 Å². The van der Waals surface area contributed by atoms with Crippen molar-refractivity contribution < 1.29 is 0 Å². The Morgan fingerprint density at radius 3 is 2.85 bits per heavy atom. The second kappa shape index (κ2) is 3.48. The summed E-state index contributed by atoms with van der Waals surface area (Å²) in [7, 11) is 0. The molecule has 0 saturated carbocycles. The van der Waals surface area contributed by atoms with E-state index in [1.165, 1.54) is 0 Å². The molecule has 0 aromatic carbocycles. The first-order valence-electron chi connectivity index (χ1n) is 3.94. The summed E-state index contributed by atoms with van der Waals surface area (Å²) in [5, 5.41) is 2.59. The molecule has 0 fully saturated rings. The van der Waals surface area contributed by atoms with Gasteiger partial charge in [0.1, 0.15) is 5.15 Å². The van der Waals surface area contributed by atoms with Gasteiger partial charge in [0.05, 0.1) is 10.6 Å². The quantitative estimate of drug-likeness (QED) is 0.652. The molecule has 0 saturated heterocycles. The highest BCUT2D eigenvalue weighted by atomic mass is 35.5. The maximum absolute atomic E-state index is 5.86. The third kappa shape index (κ3) is 1.90. The Morgan fingerprint density at radius 1 is 1.38 bits per heavy atom. The van der Waals surface area contributed by atoms with Gasteiger partial charge in [-0.1, -0.05) is 17.7 Å². The van der Waals surface area contributed by atoms with Crippen LogP contribution in [0.5, 0.6) is 0 Å². The molecule has 0 atom stereocenters. The van der Waals surface area contributed by atoms with E-state index in [0.717, 1.165) is 16.1 Å². The summed E-state index contributed by atoms with van der Waals surface area (Å²) in [4.78, 5) is 5.41. The fraction of sp³-hybridized carbons (Fsp3) is 0.100. The molecule has 2 heterocycles. The minimum atomic E-state index is 0.559. The number of nitrogens with zero attached hydrogens (tertiary/aromatic N) is 1. The number of halogens is 1. The van der Waals surface area contributed by atoms with Crippen LogP contribution >= 0.6 is 22.9 Å². The summed E-state index contributed by atoms with van der Waals surface area (Å²) in [6, 6.07) is 7.96. The number of aromatic nitrogens is 1. The minimum Gasteiger partial charge on any atom is -0.235 e. The van der Waals surface area contributed by atoms with E-state index in [1.54, 1.807) is 11.3 Å². The van der Waals surface area contributed by atoms with Gasteiger partial charge in [0.2, 0.25) is 0 Å². The molecule has 0 aliphatic carbocycles. The lowest BCUT2D eigenvalue weighted by Gasteiger charge is -1.99. The van der Waals surface area contributed by atoms with Crippen molar-refractivity contribution in [2.24, 2.45) is 0 Å². The van der Waals surface area contributed by atoms with Crippen LogP contribution in [-0.2, 0) is 0 Å². The van der Waals surface area contributed by atoms with E-state index in [2.05, 4.69) is 4.98 Å². The van der Waals surface area contributed by atoms with Crippen molar-refractivity contribution in [2.45, 2.75) is 6.92 Å². The standard InChI is InChI=1S/C10H8ClNS/c1-7-5-8(12-10(11)6-7)9-3-2-4-13-9/h2-6H,1H3. The van der Waals surface area contributed by atoms with Gasteiger partial charge in [0.25, 0.3) is 0 Å². The van der Waals surface area contributed by atoms with Gasteiger partial charge in [0, 0.05) is 0 Å². The molecule has 0 spiro atoms. The molecule has 0 unspecified atom stereocenters. The van der Waals surface area contributed by atoms with Crippen LogP contribution in [0.4, 0.5) is 0 Å². The Hall–Kier alpha value is -0.860. The van der Waals surface area contributed by atoms with Crippen LogP contribution < -0.4 is 0 Å². The number of rotatable bonds is 1. The normalized spacial score (nSPS) is 10.3. The molecule has 2 aromatic rings. The predicted octanol–water partition coefficient (Wildman–Crippen LogP) is 3.77. The fourth-order valence-corrected chi connectivity index (χ4v) is 2.12. The average Bonchev–Trinajstić information content (AvgIpc) is 2.53. The first-order valence-corrected chi connectivity index (χ1v) is 5.19. The van der Waals surface area contributed by atoms with Gasteiger partial charge < -0.3 is 0 Å². The maximum Gasteiger partial charge on any atom is 0.130 e. The molecule has 1 nitrogen and oxygen atoms in total. The molecule has 0 N–H and O–H groups in total. The van der Waals surface area contributed by atoms with E-state index in [9.17, 15) is 0 Å². The highest BCUT2D eigenvalue weighted by Gasteiger charge is 2.01. The lowest BCUT2D eigenvalue weighted by atomic mass is 10.2. The van der Waals surface area contributed by atoms with Gasteiger partial charge in [-0.05, 0) is 36.1 Å². The Bertz CT molecular complexity index is 389. The van der Waals surface area contributed by atoms with Gasteiger partial charge in [-0.15, -0.1) is 11.3 Å². The molecule has 66 valence electrons. The number of hydrogen-bond donors (Lipinski definition) is 0. The summed E-state index contributed by atoms with van der Waals surface area (Å²) < 4.78 is 0. The summed E-state index contributed by atoms with van der Waals surface area (Å²) in [6.07, 6.45) is 0. The smallest absolute Gasteiger partial charge is 0.130 e. The van der Waals surface area contributed by atoms with Crippen molar-refractivity contribution >= 4 is 22.9 Å². The second-order valence-corrected chi connectivity index (χ2v) is 4.16. The highest BCUT2D eigenvalue weighted by Crippen LogP contribution is 2.24. The molecular formula is C10H8ClNS. The van der Waals surface area contributed by atoms with E-state index >= 15 is 0 Å². The van der Waals surface area contributed by atoms with Crippen LogP contribution in [0, 0.1) is 6.92 Å². The van der Waals surface area contributed by atoms with Crippen LogP contribution in [0.25, 0.3) is 10.6 Å². The zero-order valence-electron chi connectivity index (χ0n) is 7.12. The molecule has 2 aromatic heterocycles. The third-order valence-electron chi connectivity index (χ3n) is 1.71. The lowest BCUT2D eigenvalue weighted by molar-refractivity contribution is 1.30. The van der Waals surface area contributed by atoms with Crippen molar-refractivity contribution in [3.8, 4) is 10.6 Å². The average molecular weight is 210 g/mol. The molecule has 3 heteroatoms. The fourth-order valence-electron chi connectivity index (χ4n) is 1.18. The monoisotopic (exact) mass is 209 g/mol. The SMILES string of the molecule is Cc1cc(Cl)nc(-c2cccs2)c1. The predicted molar refractivity (Wildman–Crippen MR) is 57.3 cm³/mol. The van der Waals surface area contributed by atoms with E-state index in [0.29, 0.717) is 5.15 Å². The zero-order valence-corrected chi connectivity index (χ0v) is 8.69. The molecule has 0 aliphatic rings. The van der Waals surface area contributed by atoms with Crippen molar-refractivity contribution in [1.82, 2.24) is 4.98 Å². The Balaban J connectivity index is 2.53. The minimum absolute atomic E-state index is 0.559. The van der Waals surface area contributed by atoms with Crippen molar-refractivity contribution in [3.63, 3.8) is 0 Å². The summed E-state index contributed by atoms with van der Waals surface area (Å²) in [6.45, 7) is 2.02. The molecule has 2 rings (SSSR count). The van der Waals surface area contributed by atoms with Crippen molar-refractivity contribution in [3.05, 3.63) is 40.4 Å². The first-order chi connectivity index (χ1) is 6.25. The number of aryl methyl sites for hydroxylation is 1. The molecule has 0 radical (unpaired) electrons. The van der Waals surface area contributed by atoms with E-state index in [4.69, 9.17) is 11.6 Å². The molecule has 0 bridgehead atoms. The van der Waals surface area contributed by atoms with Crippen LogP contribution in [0.1, 0.15) is 5.56 Å². The zero-order chi connectivity index (χ0) is 9.26. The Morgan fingerprint density at radius 2 is 2.23 bits per heavy atom. The van der Waals surface area contributed by atoms with Gasteiger partial charge in [-0.25, -0.2) is 4.98 Å². The maximum atomic E-state index is 5.86. The molecular weight excluding hydrogens is 202 g/mol. The first kappa shape index (κ1) is 8.73. The summed E-state index contributed by atoms with van der Waals surface area (Å²) in [5.74, 6) is 0. The Labute approximate surface area is 86.0 Å². The topological polar surface area (TPSA) is 12.9 Å². The number of hydrogen-bond acceptors (Lipinski definition) is 2. The number of pyridine rings is 1. The van der Waals surface area contributed by atoms with Gasteiger partial charge in [-0.2, -0.15) is 0 Å². The van der Waals surface area contributed by atoms with Crippen LogP contribution in [0.2, 0.25) is 5.15 Å². The van der Waals surface area contributed by atoms with E-state index < -0.39 is 0 Å². The molecule has 13 heavy (non-hydrogen) atoms. The molecule has 0 aliphatic heterocycles. The lowest BCUT2D eigenvalue weighted by Crippen LogP contribution is -1.83. The number of thiophene rings is 1. The highest BCUT2D eigenvalue weighted by molar-refractivity contribution is 7.13. The summed E-state index contributed by atoms with van der Waals surface area (Å²) in [5.41, 5.74) is 2.10. The van der Waals surface area contributed by atoms with Crippen LogP contribution in [0.15, 0.2) is 29.6 Å². The molecule has 0 amide bonds.